The zero-order valence-corrected chi connectivity index (χ0v) is 11.6. The van der Waals surface area contributed by atoms with Gasteiger partial charge in [0.2, 0.25) is 11.8 Å². The van der Waals surface area contributed by atoms with E-state index in [1.807, 2.05) is 0 Å². The number of nitrogens with one attached hydrogen (secondary N) is 1. The van der Waals surface area contributed by atoms with Crippen molar-refractivity contribution in [1.29, 1.82) is 0 Å². The molecular formula is C15H17FN2O2. The first kappa shape index (κ1) is 14.2. The van der Waals surface area contributed by atoms with Crippen LogP contribution in [0.5, 0.6) is 0 Å². The third-order valence-corrected chi connectivity index (χ3v) is 3.00. The van der Waals surface area contributed by atoms with Gasteiger partial charge in [0, 0.05) is 19.4 Å². The summed E-state index contributed by atoms with van der Waals surface area (Å²) >= 11 is 0. The lowest BCUT2D eigenvalue weighted by Gasteiger charge is -2.01. The summed E-state index contributed by atoms with van der Waals surface area (Å²) in [6.07, 6.45) is 1.02. The highest BCUT2D eigenvalue weighted by Gasteiger charge is 2.14. The largest absolute Gasteiger partial charge is 0.441 e. The summed E-state index contributed by atoms with van der Waals surface area (Å²) in [6.45, 7) is 4.08. The van der Waals surface area contributed by atoms with E-state index >= 15 is 0 Å². The van der Waals surface area contributed by atoms with Crippen molar-refractivity contribution in [2.45, 2.75) is 26.7 Å². The molecule has 20 heavy (non-hydrogen) atoms. The number of carbonyl (C=O) groups is 1. The fraction of sp³-hybridized carbons (Fsp3) is 0.333. The first-order valence-corrected chi connectivity index (χ1v) is 6.59. The van der Waals surface area contributed by atoms with E-state index in [0.29, 0.717) is 30.7 Å². The molecule has 0 fully saturated rings. The second-order valence-electron chi connectivity index (χ2n) is 4.46. The van der Waals surface area contributed by atoms with Crippen LogP contribution in [0.25, 0.3) is 11.5 Å². The van der Waals surface area contributed by atoms with Gasteiger partial charge in [-0.2, -0.15) is 0 Å². The Labute approximate surface area is 117 Å². The van der Waals surface area contributed by atoms with Gasteiger partial charge in [-0.05, 0) is 19.1 Å². The van der Waals surface area contributed by atoms with Gasteiger partial charge >= 0.3 is 0 Å². The molecule has 0 saturated heterocycles. The second kappa shape index (κ2) is 6.32. The van der Waals surface area contributed by atoms with Gasteiger partial charge in [-0.15, -0.1) is 0 Å². The third-order valence-electron chi connectivity index (χ3n) is 3.00. The number of aromatic nitrogens is 1. The molecule has 0 aliphatic heterocycles. The van der Waals surface area contributed by atoms with Gasteiger partial charge in [0.1, 0.15) is 11.6 Å². The van der Waals surface area contributed by atoms with Crippen LogP contribution in [-0.4, -0.2) is 17.4 Å². The molecule has 0 saturated carbocycles. The summed E-state index contributed by atoms with van der Waals surface area (Å²) in [5.41, 5.74) is 1.08. The van der Waals surface area contributed by atoms with E-state index in [2.05, 4.69) is 10.3 Å². The monoisotopic (exact) mass is 276 g/mol. The number of carbonyl (C=O) groups excluding carboxylic acids is 1. The van der Waals surface area contributed by atoms with Crippen molar-refractivity contribution in [1.82, 2.24) is 10.3 Å². The van der Waals surface area contributed by atoms with Gasteiger partial charge in [0.25, 0.3) is 0 Å². The topological polar surface area (TPSA) is 55.1 Å². The molecule has 0 atom stereocenters. The van der Waals surface area contributed by atoms with Crippen molar-refractivity contribution in [3.63, 3.8) is 0 Å². The SMILES string of the molecule is CCC(=O)NCCc1nc(-c2ccccc2F)oc1C. The van der Waals surface area contributed by atoms with Gasteiger partial charge in [-0.3, -0.25) is 4.79 Å². The van der Waals surface area contributed by atoms with E-state index in [9.17, 15) is 9.18 Å². The number of halogens is 1. The summed E-state index contributed by atoms with van der Waals surface area (Å²) in [4.78, 5) is 15.5. The summed E-state index contributed by atoms with van der Waals surface area (Å²) < 4.78 is 19.2. The van der Waals surface area contributed by atoms with Crippen LogP contribution in [0.3, 0.4) is 0 Å². The lowest BCUT2D eigenvalue weighted by atomic mass is 10.2. The summed E-state index contributed by atoms with van der Waals surface area (Å²) in [7, 11) is 0. The molecule has 2 rings (SSSR count). The Balaban J connectivity index is 2.10. The van der Waals surface area contributed by atoms with Gasteiger partial charge in [0.15, 0.2) is 0 Å². The fourth-order valence-electron chi connectivity index (χ4n) is 1.86. The molecule has 1 aromatic carbocycles. The Morgan fingerprint density at radius 1 is 1.40 bits per heavy atom. The van der Waals surface area contributed by atoms with Gasteiger partial charge in [0.05, 0.1) is 11.3 Å². The predicted octanol–water partition coefficient (Wildman–Crippen LogP) is 2.86. The van der Waals surface area contributed by atoms with E-state index in [1.165, 1.54) is 6.07 Å². The maximum atomic E-state index is 13.7. The molecule has 0 bridgehead atoms. The van der Waals surface area contributed by atoms with Gasteiger partial charge in [-0.1, -0.05) is 19.1 Å². The summed E-state index contributed by atoms with van der Waals surface area (Å²) in [5, 5.41) is 2.77. The van der Waals surface area contributed by atoms with Crippen molar-refractivity contribution >= 4 is 5.91 Å². The molecule has 106 valence electrons. The lowest BCUT2D eigenvalue weighted by Crippen LogP contribution is -2.24. The molecule has 1 N–H and O–H groups in total. The number of oxazole rings is 1. The van der Waals surface area contributed by atoms with Crippen LogP contribution < -0.4 is 5.32 Å². The molecule has 0 unspecified atom stereocenters. The Kier molecular flexibility index (Phi) is 4.50. The average Bonchev–Trinajstić information content (AvgIpc) is 2.80. The maximum Gasteiger partial charge on any atom is 0.229 e. The van der Waals surface area contributed by atoms with Crippen LogP contribution in [0, 0.1) is 12.7 Å². The van der Waals surface area contributed by atoms with E-state index < -0.39 is 0 Å². The number of aryl methyl sites for hydroxylation is 1. The Morgan fingerprint density at radius 2 is 2.15 bits per heavy atom. The molecule has 5 heteroatoms. The number of hydrogen-bond donors (Lipinski definition) is 1. The molecule has 4 nitrogen and oxygen atoms in total. The number of nitrogens with zero attached hydrogens (tertiary/aromatic N) is 1. The van der Waals surface area contributed by atoms with Crippen LogP contribution in [0.2, 0.25) is 0 Å². The smallest absolute Gasteiger partial charge is 0.229 e. The zero-order chi connectivity index (χ0) is 14.5. The molecular weight excluding hydrogens is 259 g/mol. The van der Waals surface area contributed by atoms with Crippen LogP contribution in [-0.2, 0) is 11.2 Å². The molecule has 1 heterocycles. The minimum Gasteiger partial charge on any atom is -0.441 e. The zero-order valence-electron chi connectivity index (χ0n) is 11.6. The van der Waals surface area contributed by atoms with Crippen molar-refractivity contribution in [3.05, 3.63) is 41.5 Å². The molecule has 2 aromatic rings. The number of rotatable bonds is 5. The minimum atomic E-state index is -0.361. The normalized spacial score (nSPS) is 10.6. The van der Waals surface area contributed by atoms with E-state index in [1.54, 1.807) is 32.0 Å². The lowest BCUT2D eigenvalue weighted by molar-refractivity contribution is -0.120. The van der Waals surface area contributed by atoms with Crippen molar-refractivity contribution in [3.8, 4) is 11.5 Å². The number of benzene rings is 1. The van der Waals surface area contributed by atoms with Crippen molar-refractivity contribution in [2.75, 3.05) is 6.54 Å². The molecule has 0 aliphatic carbocycles. The third kappa shape index (κ3) is 3.23. The Morgan fingerprint density at radius 3 is 2.85 bits per heavy atom. The van der Waals surface area contributed by atoms with Crippen LogP contribution in [0.4, 0.5) is 4.39 Å². The fourth-order valence-corrected chi connectivity index (χ4v) is 1.86. The van der Waals surface area contributed by atoms with Gasteiger partial charge in [-0.25, -0.2) is 9.37 Å². The number of hydrogen-bond acceptors (Lipinski definition) is 3. The molecule has 1 amide bonds. The molecule has 0 radical (unpaired) electrons. The average molecular weight is 276 g/mol. The first-order valence-electron chi connectivity index (χ1n) is 6.59. The predicted molar refractivity (Wildman–Crippen MR) is 73.6 cm³/mol. The summed E-state index contributed by atoms with van der Waals surface area (Å²) in [6, 6.07) is 6.36. The quantitative estimate of drug-likeness (QED) is 0.913. The Bertz CT molecular complexity index is 608. The number of amides is 1. The van der Waals surface area contributed by atoms with E-state index in [4.69, 9.17) is 4.42 Å². The highest BCUT2D eigenvalue weighted by atomic mass is 19.1. The van der Waals surface area contributed by atoms with E-state index in [0.717, 1.165) is 5.69 Å². The van der Waals surface area contributed by atoms with Crippen molar-refractivity contribution in [2.24, 2.45) is 0 Å². The molecule has 1 aromatic heterocycles. The van der Waals surface area contributed by atoms with Crippen LogP contribution in [0.1, 0.15) is 24.8 Å². The van der Waals surface area contributed by atoms with Gasteiger partial charge < -0.3 is 9.73 Å². The van der Waals surface area contributed by atoms with Crippen LogP contribution in [0.15, 0.2) is 28.7 Å². The molecule has 0 spiro atoms. The molecule has 0 aliphatic rings. The van der Waals surface area contributed by atoms with E-state index in [-0.39, 0.29) is 17.6 Å². The van der Waals surface area contributed by atoms with Crippen molar-refractivity contribution < 1.29 is 13.6 Å². The highest BCUT2D eigenvalue weighted by molar-refractivity contribution is 5.75. The minimum absolute atomic E-state index is 0.000440. The standard InChI is InChI=1S/C15H17FN2O2/c1-3-14(19)17-9-8-13-10(2)20-15(18-13)11-6-4-5-7-12(11)16/h4-7H,3,8-9H2,1-2H3,(H,17,19). The maximum absolute atomic E-state index is 13.7. The van der Waals surface area contributed by atoms with Crippen LogP contribution >= 0.6 is 0 Å². The first-order chi connectivity index (χ1) is 9.61. The second-order valence-corrected chi connectivity index (χ2v) is 4.46. The summed E-state index contributed by atoms with van der Waals surface area (Å²) in [5.74, 6) is 0.562. The highest BCUT2D eigenvalue weighted by Crippen LogP contribution is 2.24. The Hall–Kier alpha value is -2.17.